The monoisotopic (exact) mass is 214 g/mol. The van der Waals surface area contributed by atoms with Gasteiger partial charge in [0, 0.05) is 5.56 Å². The smallest absolute Gasteiger partial charge is 0.384 e. The van der Waals surface area contributed by atoms with E-state index in [1.807, 2.05) is 0 Å². The summed E-state index contributed by atoms with van der Waals surface area (Å²) in [6.45, 7) is 1.25. The summed E-state index contributed by atoms with van der Waals surface area (Å²) in [5, 5.41) is 8.45. The summed E-state index contributed by atoms with van der Waals surface area (Å²) >= 11 is 0. The topological polar surface area (TPSA) is 20.2 Å². The fourth-order valence-electron chi connectivity index (χ4n) is 1.12. The van der Waals surface area contributed by atoms with E-state index >= 15 is 0 Å². The Labute approximate surface area is 85.5 Å². The summed E-state index contributed by atoms with van der Waals surface area (Å²) in [4.78, 5) is 0. The Bertz CT molecular complexity index is 410. The zero-order chi connectivity index (χ0) is 11.5. The second-order valence-corrected chi connectivity index (χ2v) is 2.99. The van der Waals surface area contributed by atoms with Crippen LogP contribution in [0.1, 0.15) is 16.7 Å². The molecule has 1 aromatic carbocycles. The number of hydrogen-bond donors (Lipinski definition) is 1. The van der Waals surface area contributed by atoms with Crippen LogP contribution in [0.2, 0.25) is 0 Å². The molecule has 0 unspecified atom stereocenters. The van der Waals surface area contributed by atoms with E-state index in [9.17, 15) is 13.2 Å². The second kappa shape index (κ2) is 4.37. The summed E-state index contributed by atoms with van der Waals surface area (Å²) in [6, 6.07) is 3.33. The van der Waals surface area contributed by atoms with Gasteiger partial charge in [-0.1, -0.05) is 11.8 Å². The molecule has 1 nitrogen and oxygen atoms in total. The lowest BCUT2D eigenvalue weighted by molar-refractivity contribution is -0.137. The van der Waals surface area contributed by atoms with Crippen LogP contribution in [-0.4, -0.2) is 11.7 Å². The molecule has 0 aliphatic carbocycles. The molecule has 0 saturated heterocycles. The number of alkyl halides is 3. The normalized spacial score (nSPS) is 10.7. The van der Waals surface area contributed by atoms with E-state index in [2.05, 4.69) is 11.8 Å². The van der Waals surface area contributed by atoms with Crippen molar-refractivity contribution < 1.29 is 18.3 Å². The molecular weight excluding hydrogens is 205 g/mol. The SMILES string of the molecule is Cc1cc(C(F)(F)F)ccc1C#CCO. The Morgan fingerprint density at radius 1 is 1.33 bits per heavy atom. The third-order valence-electron chi connectivity index (χ3n) is 1.86. The van der Waals surface area contributed by atoms with Crippen molar-refractivity contribution in [2.75, 3.05) is 6.61 Å². The highest BCUT2D eigenvalue weighted by Crippen LogP contribution is 2.30. The summed E-state index contributed by atoms with van der Waals surface area (Å²) in [5.74, 6) is 4.96. The average molecular weight is 214 g/mol. The average Bonchev–Trinajstić information content (AvgIpc) is 2.14. The van der Waals surface area contributed by atoms with Gasteiger partial charge in [-0.15, -0.1) is 0 Å². The van der Waals surface area contributed by atoms with Gasteiger partial charge in [0.1, 0.15) is 6.61 Å². The van der Waals surface area contributed by atoms with E-state index in [0.29, 0.717) is 11.1 Å². The molecule has 1 N–H and O–H groups in total. The van der Waals surface area contributed by atoms with Crippen LogP contribution >= 0.6 is 0 Å². The van der Waals surface area contributed by atoms with E-state index in [4.69, 9.17) is 5.11 Å². The number of aliphatic hydroxyl groups excluding tert-OH is 1. The molecular formula is C11H9F3O. The van der Waals surface area contributed by atoms with Gasteiger partial charge in [-0.25, -0.2) is 0 Å². The van der Waals surface area contributed by atoms with E-state index < -0.39 is 11.7 Å². The van der Waals surface area contributed by atoms with Gasteiger partial charge < -0.3 is 5.11 Å². The van der Waals surface area contributed by atoms with Crippen LogP contribution in [0, 0.1) is 18.8 Å². The molecule has 4 heteroatoms. The fourth-order valence-corrected chi connectivity index (χ4v) is 1.12. The molecule has 0 aliphatic heterocycles. The van der Waals surface area contributed by atoms with Gasteiger partial charge in [0.25, 0.3) is 0 Å². The maximum Gasteiger partial charge on any atom is 0.416 e. The van der Waals surface area contributed by atoms with Crippen LogP contribution in [0.3, 0.4) is 0 Å². The lowest BCUT2D eigenvalue weighted by atomic mass is 10.1. The number of hydrogen-bond acceptors (Lipinski definition) is 1. The molecule has 0 radical (unpaired) electrons. The van der Waals surface area contributed by atoms with E-state index in [1.165, 1.54) is 6.07 Å². The van der Waals surface area contributed by atoms with Crippen molar-refractivity contribution >= 4 is 0 Å². The molecule has 15 heavy (non-hydrogen) atoms. The molecule has 0 aromatic heterocycles. The number of aryl methyl sites for hydroxylation is 1. The molecule has 0 bridgehead atoms. The molecule has 0 heterocycles. The van der Waals surface area contributed by atoms with Crippen LogP contribution in [0.25, 0.3) is 0 Å². The Morgan fingerprint density at radius 3 is 2.47 bits per heavy atom. The maximum atomic E-state index is 12.3. The first kappa shape index (κ1) is 11.6. The predicted octanol–water partition coefficient (Wildman–Crippen LogP) is 2.36. The quantitative estimate of drug-likeness (QED) is 0.657. The van der Waals surface area contributed by atoms with Gasteiger partial charge in [0.05, 0.1) is 5.56 Å². The minimum atomic E-state index is -4.33. The van der Waals surface area contributed by atoms with Crippen molar-refractivity contribution in [1.82, 2.24) is 0 Å². The van der Waals surface area contributed by atoms with Crippen molar-refractivity contribution in [3.8, 4) is 11.8 Å². The first-order valence-electron chi connectivity index (χ1n) is 4.22. The molecule has 0 saturated carbocycles. The van der Waals surface area contributed by atoms with Gasteiger partial charge >= 0.3 is 6.18 Å². The molecule has 0 spiro atoms. The highest BCUT2D eigenvalue weighted by molar-refractivity contribution is 5.43. The standard InChI is InChI=1S/C11H9F3O/c1-8-7-10(11(12,13)14)5-4-9(8)3-2-6-15/h4-5,7,15H,6H2,1H3. The van der Waals surface area contributed by atoms with Crippen molar-refractivity contribution in [1.29, 1.82) is 0 Å². The first-order chi connectivity index (χ1) is 6.95. The van der Waals surface area contributed by atoms with Crippen LogP contribution in [0.5, 0.6) is 0 Å². The zero-order valence-electron chi connectivity index (χ0n) is 8.02. The van der Waals surface area contributed by atoms with Crippen molar-refractivity contribution in [2.24, 2.45) is 0 Å². The predicted molar refractivity (Wildman–Crippen MR) is 50.1 cm³/mol. The lowest BCUT2D eigenvalue weighted by Crippen LogP contribution is -2.05. The van der Waals surface area contributed by atoms with Gasteiger partial charge in [0.15, 0.2) is 0 Å². The summed E-state index contributed by atoms with van der Waals surface area (Å²) in [5.41, 5.74) is 0.261. The summed E-state index contributed by atoms with van der Waals surface area (Å²) < 4.78 is 36.8. The van der Waals surface area contributed by atoms with Crippen LogP contribution in [0.15, 0.2) is 18.2 Å². The summed E-state index contributed by atoms with van der Waals surface area (Å²) in [6.07, 6.45) is -4.33. The Hall–Kier alpha value is -1.47. The van der Waals surface area contributed by atoms with Gasteiger partial charge in [-0.2, -0.15) is 13.2 Å². The number of halogens is 3. The third kappa shape index (κ3) is 3.00. The van der Waals surface area contributed by atoms with Gasteiger partial charge in [0.2, 0.25) is 0 Å². The lowest BCUT2D eigenvalue weighted by Gasteiger charge is -2.07. The van der Waals surface area contributed by atoms with Crippen LogP contribution in [0.4, 0.5) is 13.2 Å². The number of benzene rings is 1. The first-order valence-corrected chi connectivity index (χ1v) is 4.22. The van der Waals surface area contributed by atoms with E-state index in [1.54, 1.807) is 6.92 Å². The number of aliphatic hydroxyl groups is 1. The van der Waals surface area contributed by atoms with Crippen molar-refractivity contribution in [3.05, 3.63) is 34.9 Å². The molecule has 0 amide bonds. The van der Waals surface area contributed by atoms with Crippen molar-refractivity contribution in [3.63, 3.8) is 0 Å². The van der Waals surface area contributed by atoms with Gasteiger partial charge in [-0.05, 0) is 30.7 Å². The largest absolute Gasteiger partial charge is 0.416 e. The molecule has 1 rings (SSSR count). The Morgan fingerprint density at radius 2 is 2.00 bits per heavy atom. The molecule has 0 aliphatic rings. The fraction of sp³-hybridized carbons (Fsp3) is 0.273. The van der Waals surface area contributed by atoms with Gasteiger partial charge in [-0.3, -0.25) is 0 Å². The minimum absolute atomic E-state index is 0.305. The highest BCUT2D eigenvalue weighted by Gasteiger charge is 2.30. The van der Waals surface area contributed by atoms with Crippen LogP contribution in [-0.2, 0) is 6.18 Å². The zero-order valence-corrected chi connectivity index (χ0v) is 8.02. The minimum Gasteiger partial charge on any atom is -0.384 e. The number of rotatable bonds is 0. The maximum absolute atomic E-state index is 12.3. The Kier molecular flexibility index (Phi) is 3.38. The highest BCUT2D eigenvalue weighted by atomic mass is 19.4. The summed E-state index contributed by atoms with van der Waals surface area (Å²) in [7, 11) is 0. The van der Waals surface area contributed by atoms with E-state index in [-0.39, 0.29) is 6.61 Å². The molecule has 0 atom stereocenters. The molecule has 80 valence electrons. The van der Waals surface area contributed by atoms with Crippen LogP contribution < -0.4 is 0 Å². The third-order valence-corrected chi connectivity index (χ3v) is 1.86. The molecule has 0 fully saturated rings. The van der Waals surface area contributed by atoms with Crippen molar-refractivity contribution in [2.45, 2.75) is 13.1 Å². The Balaban J connectivity index is 3.09. The second-order valence-electron chi connectivity index (χ2n) is 2.99. The molecule has 1 aromatic rings. The van der Waals surface area contributed by atoms with E-state index in [0.717, 1.165) is 12.1 Å².